The highest BCUT2D eigenvalue weighted by Gasteiger charge is 2.02. The van der Waals surface area contributed by atoms with Crippen LogP contribution >= 0.6 is 0 Å². The zero-order valence-corrected chi connectivity index (χ0v) is 11.1. The number of anilines is 1. The van der Waals surface area contributed by atoms with Crippen molar-refractivity contribution in [2.24, 2.45) is 0 Å². The minimum absolute atomic E-state index is 0.735. The van der Waals surface area contributed by atoms with E-state index in [0.717, 1.165) is 28.6 Å². The maximum Gasteiger partial charge on any atom is 0.131 e. The number of hydrogen-bond acceptors (Lipinski definition) is 4. The van der Waals surface area contributed by atoms with E-state index in [-0.39, 0.29) is 0 Å². The summed E-state index contributed by atoms with van der Waals surface area (Å²) in [4.78, 5) is 4.23. The van der Waals surface area contributed by atoms with E-state index in [1.807, 2.05) is 50.5 Å². The highest BCUT2D eigenvalue weighted by molar-refractivity contribution is 5.59. The molecule has 0 spiro atoms. The Labute approximate surface area is 113 Å². The lowest BCUT2D eigenvalue weighted by molar-refractivity contribution is 0.481. The van der Waals surface area contributed by atoms with Crippen molar-refractivity contribution in [1.82, 2.24) is 10.3 Å². The van der Waals surface area contributed by atoms with Gasteiger partial charge in [0.15, 0.2) is 0 Å². The third-order valence-corrected chi connectivity index (χ3v) is 2.72. The molecule has 0 saturated carbocycles. The highest BCUT2D eigenvalue weighted by Crippen LogP contribution is 2.23. The maximum atomic E-state index is 5.78. The SMILES string of the molecule is C=C(NC)c1cc(Oc2ccc(NC)cc2)ccn1. The summed E-state index contributed by atoms with van der Waals surface area (Å²) in [5.74, 6) is 1.52. The molecule has 0 unspecified atom stereocenters. The van der Waals surface area contributed by atoms with Crippen molar-refractivity contribution in [1.29, 1.82) is 0 Å². The quantitative estimate of drug-likeness (QED) is 0.861. The fourth-order valence-electron chi connectivity index (χ4n) is 1.59. The van der Waals surface area contributed by atoms with Crippen LogP contribution in [0.1, 0.15) is 5.69 Å². The van der Waals surface area contributed by atoms with Crippen LogP contribution in [0.3, 0.4) is 0 Å². The Hall–Kier alpha value is -2.49. The summed E-state index contributed by atoms with van der Waals surface area (Å²) in [6, 6.07) is 11.4. The van der Waals surface area contributed by atoms with E-state index in [1.165, 1.54) is 0 Å². The number of hydrogen-bond donors (Lipinski definition) is 2. The van der Waals surface area contributed by atoms with Crippen LogP contribution in [-0.2, 0) is 0 Å². The molecule has 0 aliphatic heterocycles. The fourth-order valence-corrected chi connectivity index (χ4v) is 1.59. The maximum absolute atomic E-state index is 5.78. The summed E-state index contributed by atoms with van der Waals surface area (Å²) in [6.07, 6.45) is 1.70. The Balaban J connectivity index is 2.16. The summed E-state index contributed by atoms with van der Waals surface area (Å²) < 4.78 is 5.78. The molecule has 4 heteroatoms. The van der Waals surface area contributed by atoms with E-state index in [2.05, 4.69) is 22.2 Å². The zero-order valence-electron chi connectivity index (χ0n) is 11.1. The second kappa shape index (κ2) is 5.91. The number of nitrogens with one attached hydrogen (secondary N) is 2. The van der Waals surface area contributed by atoms with Gasteiger partial charge in [-0.05, 0) is 30.3 Å². The molecular formula is C15H17N3O. The van der Waals surface area contributed by atoms with Crippen molar-refractivity contribution < 1.29 is 4.74 Å². The van der Waals surface area contributed by atoms with E-state index in [1.54, 1.807) is 6.20 Å². The van der Waals surface area contributed by atoms with Crippen LogP contribution < -0.4 is 15.4 Å². The summed E-state index contributed by atoms with van der Waals surface area (Å²) in [5, 5.41) is 6.03. The molecule has 1 aromatic heterocycles. The average Bonchev–Trinajstić information content (AvgIpc) is 2.47. The summed E-state index contributed by atoms with van der Waals surface area (Å²) in [6.45, 7) is 3.88. The third kappa shape index (κ3) is 3.25. The van der Waals surface area contributed by atoms with E-state index < -0.39 is 0 Å². The molecule has 1 heterocycles. The van der Waals surface area contributed by atoms with E-state index in [0.29, 0.717) is 0 Å². The van der Waals surface area contributed by atoms with Crippen LogP contribution in [0.25, 0.3) is 5.70 Å². The molecule has 98 valence electrons. The van der Waals surface area contributed by atoms with Gasteiger partial charge in [0.25, 0.3) is 0 Å². The Kier molecular flexibility index (Phi) is 4.03. The predicted molar refractivity (Wildman–Crippen MR) is 78.4 cm³/mol. The third-order valence-electron chi connectivity index (χ3n) is 2.72. The Morgan fingerprint density at radius 1 is 1.11 bits per heavy atom. The van der Waals surface area contributed by atoms with Crippen molar-refractivity contribution in [3.8, 4) is 11.5 Å². The van der Waals surface area contributed by atoms with Crippen LogP contribution in [0, 0.1) is 0 Å². The minimum Gasteiger partial charge on any atom is -0.457 e. The van der Waals surface area contributed by atoms with Gasteiger partial charge in [0.05, 0.1) is 11.4 Å². The van der Waals surface area contributed by atoms with Gasteiger partial charge in [-0.1, -0.05) is 6.58 Å². The molecule has 0 fully saturated rings. The molecule has 1 aromatic carbocycles. The summed E-state index contributed by atoms with van der Waals surface area (Å²) >= 11 is 0. The first-order chi connectivity index (χ1) is 9.22. The van der Waals surface area contributed by atoms with Crippen LogP contribution in [-0.4, -0.2) is 19.1 Å². The lowest BCUT2D eigenvalue weighted by atomic mass is 10.2. The largest absolute Gasteiger partial charge is 0.457 e. The van der Waals surface area contributed by atoms with Crippen molar-refractivity contribution >= 4 is 11.4 Å². The molecule has 2 rings (SSSR count). The number of rotatable bonds is 5. The summed E-state index contributed by atoms with van der Waals surface area (Å²) in [5.41, 5.74) is 2.58. The minimum atomic E-state index is 0.735. The number of benzene rings is 1. The van der Waals surface area contributed by atoms with Crippen LogP contribution in [0.4, 0.5) is 5.69 Å². The molecule has 0 aliphatic carbocycles. The molecule has 0 saturated heterocycles. The predicted octanol–water partition coefficient (Wildman–Crippen LogP) is 3.11. The Morgan fingerprint density at radius 3 is 2.47 bits per heavy atom. The second-order valence-electron chi connectivity index (χ2n) is 3.98. The van der Waals surface area contributed by atoms with Crippen LogP contribution in [0.2, 0.25) is 0 Å². The molecule has 0 radical (unpaired) electrons. The monoisotopic (exact) mass is 255 g/mol. The van der Waals surface area contributed by atoms with Gasteiger partial charge in [0, 0.05) is 32.0 Å². The van der Waals surface area contributed by atoms with Crippen molar-refractivity contribution in [2.45, 2.75) is 0 Å². The Morgan fingerprint density at radius 2 is 1.84 bits per heavy atom. The topological polar surface area (TPSA) is 46.2 Å². The first kappa shape index (κ1) is 13.0. The molecule has 0 aliphatic rings. The molecule has 2 aromatic rings. The lowest BCUT2D eigenvalue weighted by Gasteiger charge is -2.09. The normalized spacial score (nSPS) is 9.79. The van der Waals surface area contributed by atoms with Crippen molar-refractivity contribution in [2.75, 3.05) is 19.4 Å². The van der Waals surface area contributed by atoms with Gasteiger partial charge in [-0.2, -0.15) is 0 Å². The highest BCUT2D eigenvalue weighted by atomic mass is 16.5. The zero-order chi connectivity index (χ0) is 13.7. The van der Waals surface area contributed by atoms with Gasteiger partial charge >= 0.3 is 0 Å². The molecule has 2 N–H and O–H groups in total. The number of aromatic nitrogens is 1. The van der Waals surface area contributed by atoms with Crippen molar-refractivity contribution in [3.63, 3.8) is 0 Å². The standard InChI is InChI=1S/C15H17N3O/c1-11(16-2)15-10-14(8-9-18-15)19-13-6-4-12(17-3)5-7-13/h4-10,16-17H,1H2,2-3H3. The first-order valence-electron chi connectivity index (χ1n) is 6.01. The number of ether oxygens (including phenoxy) is 1. The smallest absolute Gasteiger partial charge is 0.131 e. The van der Waals surface area contributed by atoms with Crippen LogP contribution in [0.5, 0.6) is 11.5 Å². The van der Waals surface area contributed by atoms with E-state index in [4.69, 9.17) is 4.74 Å². The molecule has 0 atom stereocenters. The Bertz CT molecular complexity index is 564. The first-order valence-corrected chi connectivity index (χ1v) is 6.01. The fraction of sp³-hybridized carbons (Fsp3) is 0.133. The van der Waals surface area contributed by atoms with Crippen LogP contribution in [0.15, 0.2) is 49.2 Å². The molecule has 19 heavy (non-hydrogen) atoms. The van der Waals surface area contributed by atoms with Gasteiger partial charge < -0.3 is 15.4 Å². The average molecular weight is 255 g/mol. The summed E-state index contributed by atoms with van der Waals surface area (Å²) in [7, 11) is 3.70. The number of pyridine rings is 1. The number of nitrogens with zero attached hydrogens (tertiary/aromatic N) is 1. The molecule has 0 amide bonds. The van der Waals surface area contributed by atoms with E-state index >= 15 is 0 Å². The van der Waals surface area contributed by atoms with Gasteiger partial charge in [0.2, 0.25) is 0 Å². The van der Waals surface area contributed by atoms with Crippen molar-refractivity contribution in [3.05, 3.63) is 54.9 Å². The second-order valence-corrected chi connectivity index (χ2v) is 3.98. The molecule has 0 bridgehead atoms. The van der Waals surface area contributed by atoms with Gasteiger partial charge in [-0.25, -0.2) is 0 Å². The van der Waals surface area contributed by atoms with E-state index in [9.17, 15) is 0 Å². The lowest BCUT2D eigenvalue weighted by Crippen LogP contribution is -2.04. The van der Waals surface area contributed by atoms with Gasteiger partial charge in [-0.3, -0.25) is 4.98 Å². The molecule has 4 nitrogen and oxygen atoms in total. The molecular weight excluding hydrogens is 238 g/mol. The van der Waals surface area contributed by atoms with Gasteiger partial charge in [0.1, 0.15) is 11.5 Å². The van der Waals surface area contributed by atoms with Gasteiger partial charge in [-0.15, -0.1) is 0 Å².